The van der Waals surface area contributed by atoms with E-state index < -0.39 is 20.9 Å². The van der Waals surface area contributed by atoms with Crippen LogP contribution in [0.25, 0.3) is 0 Å². The number of nitro benzene ring substituents is 1. The Morgan fingerprint density at radius 3 is 2.26 bits per heavy atom. The highest BCUT2D eigenvalue weighted by Gasteiger charge is 2.19. The van der Waals surface area contributed by atoms with Gasteiger partial charge in [0, 0.05) is 19.2 Å². The van der Waals surface area contributed by atoms with Crippen molar-refractivity contribution in [2.24, 2.45) is 0 Å². The van der Waals surface area contributed by atoms with Gasteiger partial charge in [-0.3, -0.25) is 19.6 Å². The lowest BCUT2D eigenvalue weighted by molar-refractivity contribution is -0.384. The molecule has 8 nitrogen and oxygen atoms in total. The molecular weight excluding hydrogens is 322 g/mol. The summed E-state index contributed by atoms with van der Waals surface area (Å²) in [6.07, 6.45) is 0. The third-order valence-electron chi connectivity index (χ3n) is 3.00. The summed E-state index contributed by atoms with van der Waals surface area (Å²) < 4.78 is 27.0. The molecule has 9 heteroatoms. The Bertz CT molecular complexity index is 847. The highest BCUT2D eigenvalue weighted by atomic mass is 32.2. The second-order valence-electron chi connectivity index (χ2n) is 4.48. The monoisotopic (exact) mass is 335 g/mol. The zero-order valence-electron chi connectivity index (χ0n) is 12.0. The molecule has 2 rings (SSSR count). The van der Waals surface area contributed by atoms with Gasteiger partial charge in [0.15, 0.2) is 0 Å². The average molecular weight is 335 g/mol. The molecule has 0 fully saturated rings. The normalized spacial score (nSPS) is 10.8. The van der Waals surface area contributed by atoms with Gasteiger partial charge in [0.1, 0.15) is 0 Å². The summed E-state index contributed by atoms with van der Waals surface area (Å²) in [6.45, 7) is 0. The molecule has 0 aliphatic rings. The van der Waals surface area contributed by atoms with Gasteiger partial charge in [-0.2, -0.15) is 0 Å². The Morgan fingerprint density at radius 1 is 1.09 bits per heavy atom. The molecular formula is C14H13N3O5S. The van der Waals surface area contributed by atoms with Crippen LogP contribution in [0, 0.1) is 10.1 Å². The zero-order chi connectivity index (χ0) is 17.0. The Balaban J connectivity index is 2.35. The van der Waals surface area contributed by atoms with Crippen molar-refractivity contribution < 1.29 is 18.1 Å². The lowest BCUT2D eigenvalue weighted by Crippen LogP contribution is -2.21. The minimum atomic E-state index is -3.97. The molecule has 0 spiro atoms. The molecule has 0 aliphatic carbocycles. The molecule has 2 aromatic rings. The summed E-state index contributed by atoms with van der Waals surface area (Å²) in [5.74, 6) is -0.438. The highest BCUT2D eigenvalue weighted by molar-refractivity contribution is 7.92. The van der Waals surface area contributed by atoms with Crippen LogP contribution >= 0.6 is 0 Å². The van der Waals surface area contributed by atoms with Crippen molar-refractivity contribution in [2.75, 3.05) is 11.8 Å². The number of amides is 1. The topological polar surface area (TPSA) is 118 Å². The van der Waals surface area contributed by atoms with Crippen LogP contribution in [-0.4, -0.2) is 26.3 Å². The van der Waals surface area contributed by atoms with E-state index in [9.17, 15) is 23.3 Å². The Labute approximate surface area is 132 Å². The van der Waals surface area contributed by atoms with Gasteiger partial charge in [0.25, 0.3) is 21.6 Å². The van der Waals surface area contributed by atoms with Gasteiger partial charge in [-0.1, -0.05) is 12.1 Å². The van der Waals surface area contributed by atoms with Crippen LogP contribution in [-0.2, 0) is 10.0 Å². The van der Waals surface area contributed by atoms with E-state index in [2.05, 4.69) is 10.0 Å². The molecule has 0 unspecified atom stereocenters. The second kappa shape index (κ2) is 6.44. The van der Waals surface area contributed by atoms with E-state index in [-0.39, 0.29) is 21.8 Å². The van der Waals surface area contributed by atoms with Crippen molar-refractivity contribution in [3.05, 3.63) is 64.2 Å². The maximum atomic E-state index is 12.3. The predicted molar refractivity (Wildman–Crippen MR) is 83.7 cm³/mol. The Kier molecular flexibility index (Phi) is 4.60. The molecule has 1 amide bonds. The Hall–Kier alpha value is -2.94. The summed E-state index contributed by atoms with van der Waals surface area (Å²) in [4.78, 5) is 21.6. The summed E-state index contributed by atoms with van der Waals surface area (Å²) in [7, 11) is -2.54. The number of rotatable bonds is 5. The number of carbonyl (C=O) groups excluding carboxylic acids is 1. The van der Waals surface area contributed by atoms with E-state index in [0.717, 1.165) is 24.3 Å². The standard InChI is InChI=1S/C14H13N3O5S/c1-15-14(18)12-4-2-3-5-13(12)16-23(21,22)11-8-6-10(7-9-11)17(19)20/h2-9,16H,1H3,(H,15,18). The summed E-state index contributed by atoms with van der Waals surface area (Å²) >= 11 is 0. The Morgan fingerprint density at radius 2 is 1.70 bits per heavy atom. The molecule has 120 valence electrons. The first-order valence-electron chi connectivity index (χ1n) is 6.43. The number of nitro groups is 1. The first-order chi connectivity index (χ1) is 10.8. The molecule has 0 saturated carbocycles. The van der Waals surface area contributed by atoms with Crippen molar-refractivity contribution in [1.29, 1.82) is 0 Å². The molecule has 0 aromatic heterocycles. The first-order valence-corrected chi connectivity index (χ1v) is 7.92. The van der Waals surface area contributed by atoms with Crippen molar-refractivity contribution in [1.82, 2.24) is 5.32 Å². The molecule has 0 aliphatic heterocycles. The van der Waals surface area contributed by atoms with E-state index >= 15 is 0 Å². The van der Waals surface area contributed by atoms with Crippen LogP contribution < -0.4 is 10.0 Å². The lowest BCUT2D eigenvalue weighted by atomic mass is 10.2. The third kappa shape index (κ3) is 3.64. The smallest absolute Gasteiger partial charge is 0.269 e. The number of hydrogen-bond acceptors (Lipinski definition) is 5. The minimum Gasteiger partial charge on any atom is -0.355 e. The van der Waals surface area contributed by atoms with Crippen molar-refractivity contribution in [3.8, 4) is 0 Å². The molecule has 0 heterocycles. The highest BCUT2D eigenvalue weighted by Crippen LogP contribution is 2.21. The quantitative estimate of drug-likeness (QED) is 0.637. The number of nitrogens with zero attached hydrogens (tertiary/aromatic N) is 1. The number of anilines is 1. The van der Waals surface area contributed by atoms with E-state index in [0.29, 0.717) is 0 Å². The van der Waals surface area contributed by atoms with Gasteiger partial charge in [0.05, 0.1) is 21.1 Å². The number of nitrogens with one attached hydrogen (secondary N) is 2. The summed E-state index contributed by atoms with van der Waals surface area (Å²) in [5.41, 5.74) is 0.0698. The van der Waals surface area contributed by atoms with Crippen LogP contribution in [0.2, 0.25) is 0 Å². The van der Waals surface area contributed by atoms with Crippen LogP contribution in [0.3, 0.4) is 0 Å². The molecule has 2 N–H and O–H groups in total. The number of sulfonamides is 1. The van der Waals surface area contributed by atoms with Crippen molar-refractivity contribution in [2.45, 2.75) is 4.90 Å². The van der Waals surface area contributed by atoms with Gasteiger partial charge in [-0.05, 0) is 24.3 Å². The van der Waals surface area contributed by atoms with Gasteiger partial charge >= 0.3 is 0 Å². The van der Waals surface area contributed by atoms with Crippen LogP contribution in [0.1, 0.15) is 10.4 Å². The molecule has 0 bridgehead atoms. The maximum absolute atomic E-state index is 12.3. The SMILES string of the molecule is CNC(=O)c1ccccc1NS(=O)(=O)c1ccc([N+](=O)[O-])cc1. The summed E-state index contributed by atoms with van der Waals surface area (Å²) in [6, 6.07) is 10.6. The van der Waals surface area contributed by atoms with E-state index in [1.807, 2.05) is 0 Å². The maximum Gasteiger partial charge on any atom is 0.269 e. The fourth-order valence-corrected chi connectivity index (χ4v) is 2.94. The average Bonchev–Trinajstić information content (AvgIpc) is 2.54. The summed E-state index contributed by atoms with van der Waals surface area (Å²) in [5, 5.41) is 13.0. The van der Waals surface area contributed by atoms with Crippen LogP contribution in [0.4, 0.5) is 11.4 Å². The minimum absolute atomic E-state index is 0.116. The van der Waals surface area contributed by atoms with Crippen molar-refractivity contribution in [3.63, 3.8) is 0 Å². The second-order valence-corrected chi connectivity index (χ2v) is 6.16. The molecule has 23 heavy (non-hydrogen) atoms. The van der Waals surface area contributed by atoms with Crippen LogP contribution in [0.15, 0.2) is 53.4 Å². The molecule has 0 atom stereocenters. The zero-order valence-corrected chi connectivity index (χ0v) is 12.8. The van der Waals surface area contributed by atoms with Gasteiger partial charge in [-0.25, -0.2) is 8.42 Å². The lowest BCUT2D eigenvalue weighted by Gasteiger charge is -2.11. The number of para-hydroxylation sites is 1. The molecule has 2 aromatic carbocycles. The fourth-order valence-electron chi connectivity index (χ4n) is 1.86. The number of benzene rings is 2. The number of non-ortho nitro benzene ring substituents is 1. The van der Waals surface area contributed by atoms with Gasteiger partial charge < -0.3 is 5.32 Å². The number of hydrogen-bond donors (Lipinski definition) is 2. The molecule has 0 saturated heterocycles. The van der Waals surface area contributed by atoms with Crippen molar-refractivity contribution >= 4 is 27.3 Å². The largest absolute Gasteiger partial charge is 0.355 e. The first kappa shape index (κ1) is 16.4. The van der Waals surface area contributed by atoms with Gasteiger partial charge in [-0.15, -0.1) is 0 Å². The van der Waals surface area contributed by atoms with Gasteiger partial charge in [0.2, 0.25) is 0 Å². The number of carbonyl (C=O) groups is 1. The van der Waals surface area contributed by atoms with E-state index in [1.165, 1.54) is 19.2 Å². The predicted octanol–water partition coefficient (Wildman–Crippen LogP) is 1.76. The third-order valence-corrected chi connectivity index (χ3v) is 4.38. The molecule has 0 radical (unpaired) electrons. The van der Waals surface area contributed by atoms with Crippen LogP contribution in [0.5, 0.6) is 0 Å². The van der Waals surface area contributed by atoms with E-state index in [4.69, 9.17) is 0 Å². The van der Waals surface area contributed by atoms with E-state index in [1.54, 1.807) is 12.1 Å². The fraction of sp³-hybridized carbons (Fsp3) is 0.0714.